The molecule has 1 rings (SSSR count). The van der Waals surface area contributed by atoms with E-state index < -0.39 is 16.1 Å². The Morgan fingerprint density at radius 1 is 1.17 bits per heavy atom. The van der Waals surface area contributed by atoms with Crippen LogP contribution in [-0.4, -0.2) is 9.97 Å². The molecule has 0 fully saturated rings. The quantitative estimate of drug-likeness (QED) is 0.711. The van der Waals surface area contributed by atoms with Gasteiger partial charge >= 0.3 is 5.69 Å². The molecule has 12 heavy (non-hydrogen) atoms. The molecule has 0 spiro atoms. The lowest BCUT2D eigenvalue weighted by atomic mass is 10.4. The van der Waals surface area contributed by atoms with Gasteiger partial charge in [-0.2, -0.15) is 0 Å². The fraction of sp³-hybridized carbons (Fsp3) is 0.200. The average Bonchev–Trinajstić information content (AvgIpc) is 1.96. The summed E-state index contributed by atoms with van der Waals surface area (Å²) >= 11 is 16.3. The van der Waals surface area contributed by atoms with E-state index in [9.17, 15) is 9.59 Å². The SMILES string of the molecule is O=c1[nH]c(C(Cl)Cl)c(Cl)c(=O)[nH]1. The minimum absolute atomic E-state index is 0.00810. The van der Waals surface area contributed by atoms with E-state index in [4.69, 9.17) is 34.8 Å². The van der Waals surface area contributed by atoms with Crippen LogP contribution in [0.4, 0.5) is 0 Å². The Labute approximate surface area is 81.5 Å². The lowest BCUT2D eigenvalue weighted by Gasteiger charge is -2.01. The van der Waals surface area contributed by atoms with E-state index in [-0.39, 0.29) is 10.7 Å². The Hall–Kier alpha value is -0.450. The summed E-state index contributed by atoms with van der Waals surface area (Å²) in [5, 5.41) is -0.204. The second kappa shape index (κ2) is 3.51. The number of hydrogen-bond donors (Lipinski definition) is 2. The van der Waals surface area contributed by atoms with E-state index in [2.05, 4.69) is 4.98 Å². The molecule has 0 unspecified atom stereocenters. The van der Waals surface area contributed by atoms with E-state index in [0.717, 1.165) is 0 Å². The molecule has 1 aromatic rings. The lowest BCUT2D eigenvalue weighted by Crippen LogP contribution is -2.24. The number of aromatic nitrogens is 2. The average molecular weight is 229 g/mol. The third-order valence-electron chi connectivity index (χ3n) is 1.13. The zero-order valence-corrected chi connectivity index (χ0v) is 7.80. The minimum atomic E-state index is -1.02. The van der Waals surface area contributed by atoms with Crippen molar-refractivity contribution in [2.45, 2.75) is 4.84 Å². The molecular weight excluding hydrogens is 226 g/mol. The molecule has 0 atom stereocenters. The van der Waals surface area contributed by atoms with Gasteiger partial charge in [0.25, 0.3) is 5.56 Å². The molecular formula is C5H3Cl3N2O2. The first-order valence-corrected chi connectivity index (χ1v) is 4.07. The molecule has 0 amide bonds. The molecule has 1 aromatic heterocycles. The highest BCUT2D eigenvalue weighted by molar-refractivity contribution is 6.45. The zero-order valence-electron chi connectivity index (χ0n) is 5.53. The highest BCUT2D eigenvalue weighted by Crippen LogP contribution is 2.25. The van der Waals surface area contributed by atoms with Gasteiger partial charge in [0.1, 0.15) is 9.86 Å². The summed E-state index contributed by atoms with van der Waals surface area (Å²) in [4.78, 5) is 24.6. The Kier molecular flexibility index (Phi) is 2.82. The van der Waals surface area contributed by atoms with Gasteiger partial charge in [0.15, 0.2) is 0 Å². The Morgan fingerprint density at radius 3 is 2.25 bits per heavy atom. The van der Waals surface area contributed by atoms with Gasteiger partial charge in [-0.25, -0.2) is 4.79 Å². The van der Waals surface area contributed by atoms with Crippen LogP contribution < -0.4 is 11.2 Å². The van der Waals surface area contributed by atoms with Crippen molar-refractivity contribution in [1.82, 2.24) is 9.97 Å². The maximum Gasteiger partial charge on any atom is 0.326 e. The van der Waals surface area contributed by atoms with Crippen LogP contribution in [0.1, 0.15) is 10.5 Å². The molecule has 0 saturated carbocycles. The lowest BCUT2D eigenvalue weighted by molar-refractivity contribution is 0.976. The fourth-order valence-corrected chi connectivity index (χ4v) is 1.28. The topological polar surface area (TPSA) is 65.7 Å². The van der Waals surface area contributed by atoms with Crippen LogP contribution in [0.3, 0.4) is 0 Å². The third kappa shape index (κ3) is 1.83. The van der Waals surface area contributed by atoms with Gasteiger partial charge in [0.05, 0.1) is 5.69 Å². The summed E-state index contributed by atoms with van der Waals surface area (Å²) in [5.41, 5.74) is -1.39. The van der Waals surface area contributed by atoms with Crippen molar-refractivity contribution in [3.63, 3.8) is 0 Å². The van der Waals surface area contributed by atoms with Crippen LogP contribution in [0.15, 0.2) is 9.59 Å². The minimum Gasteiger partial charge on any atom is -0.307 e. The van der Waals surface area contributed by atoms with Crippen molar-refractivity contribution in [2.75, 3.05) is 0 Å². The van der Waals surface area contributed by atoms with E-state index in [1.807, 2.05) is 4.98 Å². The predicted molar refractivity (Wildman–Crippen MR) is 47.1 cm³/mol. The summed E-state index contributed by atoms with van der Waals surface area (Å²) in [6.07, 6.45) is 0. The first-order chi connectivity index (χ1) is 5.52. The number of halogens is 3. The molecule has 0 aliphatic heterocycles. The molecule has 0 aliphatic carbocycles. The van der Waals surface area contributed by atoms with Crippen LogP contribution in [0.5, 0.6) is 0 Å². The van der Waals surface area contributed by atoms with Gasteiger partial charge in [-0.3, -0.25) is 9.78 Å². The van der Waals surface area contributed by atoms with Crippen molar-refractivity contribution in [3.8, 4) is 0 Å². The van der Waals surface area contributed by atoms with Gasteiger partial charge in [-0.1, -0.05) is 34.8 Å². The number of nitrogens with one attached hydrogen (secondary N) is 2. The number of hydrogen-bond acceptors (Lipinski definition) is 2. The van der Waals surface area contributed by atoms with Crippen LogP contribution in [0.25, 0.3) is 0 Å². The number of alkyl halides is 2. The first-order valence-electron chi connectivity index (χ1n) is 2.82. The van der Waals surface area contributed by atoms with Crippen LogP contribution in [0, 0.1) is 0 Å². The smallest absolute Gasteiger partial charge is 0.307 e. The van der Waals surface area contributed by atoms with Gasteiger partial charge in [0.2, 0.25) is 0 Å². The van der Waals surface area contributed by atoms with E-state index in [1.54, 1.807) is 0 Å². The van der Waals surface area contributed by atoms with Crippen molar-refractivity contribution in [1.29, 1.82) is 0 Å². The van der Waals surface area contributed by atoms with Crippen LogP contribution in [0.2, 0.25) is 5.02 Å². The molecule has 1 heterocycles. The molecule has 0 saturated heterocycles. The molecule has 7 heteroatoms. The van der Waals surface area contributed by atoms with Gasteiger partial charge in [0, 0.05) is 0 Å². The third-order valence-corrected chi connectivity index (χ3v) is 1.94. The van der Waals surface area contributed by atoms with Gasteiger partial charge < -0.3 is 4.98 Å². The maximum atomic E-state index is 10.8. The first kappa shape index (κ1) is 9.64. The van der Waals surface area contributed by atoms with Gasteiger partial charge in [-0.05, 0) is 0 Å². The van der Waals surface area contributed by atoms with Crippen molar-refractivity contribution < 1.29 is 0 Å². The second-order valence-corrected chi connectivity index (χ2v) is 3.41. The molecule has 66 valence electrons. The normalized spacial score (nSPS) is 10.7. The Morgan fingerprint density at radius 2 is 1.75 bits per heavy atom. The standard InChI is InChI=1S/C5H3Cl3N2O2/c6-1-2(3(7)8)9-5(12)10-4(1)11/h3H,(H2,9,10,11,12). The molecule has 0 aromatic carbocycles. The number of rotatable bonds is 1. The zero-order chi connectivity index (χ0) is 9.30. The second-order valence-electron chi connectivity index (χ2n) is 1.94. The van der Waals surface area contributed by atoms with Crippen LogP contribution in [-0.2, 0) is 0 Å². The van der Waals surface area contributed by atoms with E-state index in [1.165, 1.54) is 0 Å². The summed E-state index contributed by atoms with van der Waals surface area (Å²) in [6.45, 7) is 0. The maximum absolute atomic E-state index is 10.8. The molecule has 0 aliphatic rings. The fourth-order valence-electron chi connectivity index (χ4n) is 0.639. The Balaban J connectivity index is 3.49. The predicted octanol–water partition coefficient (Wildman–Crippen LogP) is 1.19. The molecule has 0 bridgehead atoms. The summed E-state index contributed by atoms with van der Waals surface area (Å²) in [6, 6.07) is 0. The molecule has 2 N–H and O–H groups in total. The van der Waals surface area contributed by atoms with E-state index in [0.29, 0.717) is 0 Å². The number of H-pyrrole nitrogens is 2. The highest BCUT2D eigenvalue weighted by atomic mass is 35.5. The summed E-state index contributed by atoms with van der Waals surface area (Å²) < 4.78 is 0. The van der Waals surface area contributed by atoms with Crippen LogP contribution >= 0.6 is 34.8 Å². The highest BCUT2D eigenvalue weighted by Gasteiger charge is 2.12. The van der Waals surface area contributed by atoms with Crippen molar-refractivity contribution >= 4 is 34.8 Å². The van der Waals surface area contributed by atoms with E-state index >= 15 is 0 Å². The molecule has 0 radical (unpaired) electrons. The number of aromatic amines is 2. The monoisotopic (exact) mass is 228 g/mol. The van der Waals surface area contributed by atoms with Crippen molar-refractivity contribution in [2.24, 2.45) is 0 Å². The largest absolute Gasteiger partial charge is 0.326 e. The van der Waals surface area contributed by atoms with Crippen molar-refractivity contribution in [3.05, 3.63) is 31.6 Å². The summed E-state index contributed by atoms with van der Waals surface area (Å²) in [7, 11) is 0. The van der Waals surface area contributed by atoms with Gasteiger partial charge in [-0.15, -0.1) is 0 Å². The summed E-state index contributed by atoms with van der Waals surface area (Å²) in [5.74, 6) is 0. The Bertz CT molecular complexity index is 394. The molecule has 4 nitrogen and oxygen atoms in total.